The van der Waals surface area contributed by atoms with Gasteiger partial charge in [0.2, 0.25) is 0 Å². The third-order valence-corrected chi connectivity index (χ3v) is 3.97. The summed E-state index contributed by atoms with van der Waals surface area (Å²) in [5, 5.41) is 10.7. The normalized spacial score (nSPS) is 19.6. The number of hydrogen-bond donors (Lipinski definition) is 1. The molecule has 1 aromatic carbocycles. The number of rotatable bonds is 1. The first-order chi connectivity index (χ1) is 9.56. The number of benzene rings is 1. The Kier molecular flexibility index (Phi) is 3.26. The average Bonchev–Trinajstić information content (AvgIpc) is 2.75. The number of amides is 1. The number of aliphatic hydroxyl groups excluding tert-OH is 1. The summed E-state index contributed by atoms with van der Waals surface area (Å²) in [5.74, 6) is 0.287. The molecule has 2 aromatic rings. The molecule has 4 nitrogen and oxygen atoms in total. The molecule has 1 amide bonds. The smallest absolute Gasteiger partial charge is 0.289 e. The zero-order valence-corrected chi connectivity index (χ0v) is 11.8. The van der Waals surface area contributed by atoms with Gasteiger partial charge >= 0.3 is 0 Å². The van der Waals surface area contributed by atoms with Crippen molar-refractivity contribution >= 4 is 16.9 Å². The molecule has 1 saturated heterocycles. The van der Waals surface area contributed by atoms with Gasteiger partial charge in [0.1, 0.15) is 5.58 Å². The molecule has 1 aliphatic heterocycles. The molecule has 20 heavy (non-hydrogen) atoms. The number of likely N-dealkylation sites (tertiary alicyclic amines) is 1. The lowest BCUT2D eigenvalue weighted by molar-refractivity contribution is 0.0449. The van der Waals surface area contributed by atoms with Gasteiger partial charge in [-0.05, 0) is 38.8 Å². The molecule has 2 heterocycles. The number of carbonyl (C=O) groups excluding carboxylic acids is 1. The van der Waals surface area contributed by atoms with E-state index in [9.17, 15) is 9.90 Å². The number of aliphatic hydroxyl groups is 1. The summed E-state index contributed by atoms with van der Waals surface area (Å²) in [6.07, 6.45) is 1.19. The quantitative estimate of drug-likeness (QED) is 0.869. The van der Waals surface area contributed by atoms with E-state index in [2.05, 4.69) is 0 Å². The molecule has 1 aliphatic rings. The van der Waals surface area contributed by atoms with E-state index in [-0.39, 0.29) is 5.91 Å². The number of nitrogens with zero attached hydrogens (tertiary/aromatic N) is 1. The van der Waals surface area contributed by atoms with Crippen LogP contribution < -0.4 is 0 Å². The number of hydrogen-bond acceptors (Lipinski definition) is 3. The fourth-order valence-corrected chi connectivity index (χ4v) is 2.82. The second-order valence-electron chi connectivity index (χ2n) is 5.60. The van der Waals surface area contributed by atoms with Crippen molar-refractivity contribution < 1.29 is 14.3 Å². The molecule has 1 fully saturated rings. The van der Waals surface area contributed by atoms with Gasteiger partial charge in [-0.15, -0.1) is 0 Å². The van der Waals surface area contributed by atoms with Gasteiger partial charge in [-0.2, -0.15) is 0 Å². The molecule has 0 saturated carbocycles. The molecule has 1 unspecified atom stereocenters. The van der Waals surface area contributed by atoms with Gasteiger partial charge in [0.05, 0.1) is 6.10 Å². The Balaban J connectivity index is 1.97. The van der Waals surface area contributed by atoms with Crippen molar-refractivity contribution in [2.24, 2.45) is 0 Å². The van der Waals surface area contributed by atoms with E-state index in [0.29, 0.717) is 18.8 Å². The maximum atomic E-state index is 12.5. The van der Waals surface area contributed by atoms with E-state index < -0.39 is 6.10 Å². The summed E-state index contributed by atoms with van der Waals surface area (Å²) in [6.45, 7) is 5.02. The molecule has 0 radical (unpaired) electrons. The Bertz CT molecular complexity index is 659. The summed E-state index contributed by atoms with van der Waals surface area (Å²) in [5.41, 5.74) is 2.77. The first-order valence-electron chi connectivity index (χ1n) is 7.03. The highest BCUT2D eigenvalue weighted by Crippen LogP contribution is 2.27. The van der Waals surface area contributed by atoms with Crippen LogP contribution >= 0.6 is 0 Å². The zero-order valence-electron chi connectivity index (χ0n) is 11.8. The van der Waals surface area contributed by atoms with Gasteiger partial charge in [0, 0.05) is 24.0 Å². The van der Waals surface area contributed by atoms with E-state index >= 15 is 0 Å². The fourth-order valence-electron chi connectivity index (χ4n) is 2.82. The number of fused-ring (bicyclic) bond motifs is 1. The highest BCUT2D eigenvalue weighted by molar-refractivity contribution is 5.99. The van der Waals surface area contributed by atoms with Crippen molar-refractivity contribution in [3.63, 3.8) is 0 Å². The Hall–Kier alpha value is -1.81. The lowest BCUT2D eigenvalue weighted by atomic mass is 10.1. The van der Waals surface area contributed by atoms with Gasteiger partial charge in [-0.25, -0.2) is 0 Å². The monoisotopic (exact) mass is 273 g/mol. The van der Waals surface area contributed by atoms with Crippen LogP contribution in [0.2, 0.25) is 0 Å². The first-order valence-corrected chi connectivity index (χ1v) is 7.03. The number of carbonyl (C=O) groups is 1. The van der Waals surface area contributed by atoms with E-state index in [1.807, 2.05) is 32.0 Å². The van der Waals surface area contributed by atoms with Crippen LogP contribution in [0.1, 0.15) is 34.5 Å². The predicted molar refractivity (Wildman–Crippen MR) is 76.8 cm³/mol. The third-order valence-electron chi connectivity index (χ3n) is 3.97. The van der Waals surface area contributed by atoms with Crippen molar-refractivity contribution in [1.82, 2.24) is 4.90 Å². The highest BCUT2D eigenvalue weighted by atomic mass is 16.3. The molecule has 4 heteroatoms. The molecular formula is C16H19NO3. The summed E-state index contributed by atoms with van der Waals surface area (Å²) in [7, 11) is 0. The summed E-state index contributed by atoms with van der Waals surface area (Å²) >= 11 is 0. The molecule has 0 spiro atoms. The number of piperidine rings is 1. The predicted octanol–water partition coefficient (Wildman–Crippen LogP) is 2.65. The number of furan rings is 1. The molecule has 0 bridgehead atoms. The Morgan fingerprint density at radius 3 is 2.95 bits per heavy atom. The zero-order chi connectivity index (χ0) is 14.3. The van der Waals surface area contributed by atoms with Gasteiger partial charge in [-0.3, -0.25) is 4.79 Å². The number of β-amino-alcohol motifs (C(OH)–C–C–N with tert-alkyl or cyclic N) is 1. The highest BCUT2D eigenvalue weighted by Gasteiger charge is 2.27. The first kappa shape index (κ1) is 13.2. The largest absolute Gasteiger partial charge is 0.451 e. The van der Waals surface area contributed by atoms with E-state index in [0.717, 1.165) is 34.9 Å². The molecule has 3 rings (SSSR count). The summed E-state index contributed by atoms with van der Waals surface area (Å²) in [6, 6.07) is 5.92. The van der Waals surface area contributed by atoms with Crippen LogP contribution in [0, 0.1) is 13.8 Å². The maximum Gasteiger partial charge on any atom is 0.289 e. The van der Waals surface area contributed by atoms with Crippen molar-refractivity contribution in [3.8, 4) is 0 Å². The van der Waals surface area contributed by atoms with Gasteiger partial charge in [-0.1, -0.05) is 11.6 Å². The standard InChI is InChI=1S/C16H19NO3/c1-10-5-6-14-13(8-10)11(2)15(20-14)16(19)17-7-3-4-12(18)9-17/h5-6,8,12,18H,3-4,7,9H2,1-2H3. The van der Waals surface area contributed by atoms with E-state index in [1.165, 1.54) is 0 Å². The molecule has 1 aromatic heterocycles. The molecule has 1 N–H and O–H groups in total. The van der Waals surface area contributed by atoms with Crippen molar-refractivity contribution in [3.05, 3.63) is 35.1 Å². The van der Waals surface area contributed by atoms with E-state index in [4.69, 9.17) is 4.42 Å². The Morgan fingerprint density at radius 1 is 1.40 bits per heavy atom. The van der Waals surface area contributed by atoms with Crippen molar-refractivity contribution in [2.75, 3.05) is 13.1 Å². The average molecular weight is 273 g/mol. The van der Waals surface area contributed by atoms with Gasteiger partial charge < -0.3 is 14.4 Å². The van der Waals surface area contributed by atoms with Crippen LogP contribution in [-0.2, 0) is 0 Å². The van der Waals surface area contributed by atoms with Gasteiger partial charge in [0.15, 0.2) is 5.76 Å². The second kappa shape index (κ2) is 4.94. The Morgan fingerprint density at radius 2 is 2.20 bits per heavy atom. The minimum absolute atomic E-state index is 0.116. The van der Waals surface area contributed by atoms with Crippen LogP contribution in [0.25, 0.3) is 11.0 Å². The SMILES string of the molecule is Cc1ccc2oc(C(=O)N3CCCC(O)C3)c(C)c2c1. The van der Waals surface area contributed by atoms with Crippen molar-refractivity contribution in [2.45, 2.75) is 32.8 Å². The van der Waals surface area contributed by atoms with Gasteiger partial charge in [0.25, 0.3) is 5.91 Å². The minimum atomic E-state index is -0.417. The summed E-state index contributed by atoms with van der Waals surface area (Å²) < 4.78 is 5.73. The van der Waals surface area contributed by atoms with Crippen LogP contribution in [0.5, 0.6) is 0 Å². The van der Waals surface area contributed by atoms with Crippen LogP contribution in [-0.4, -0.2) is 35.1 Å². The van der Waals surface area contributed by atoms with Crippen LogP contribution in [0.15, 0.2) is 22.6 Å². The molecular weight excluding hydrogens is 254 g/mol. The second-order valence-corrected chi connectivity index (χ2v) is 5.60. The third kappa shape index (κ3) is 2.20. The fraction of sp³-hybridized carbons (Fsp3) is 0.438. The van der Waals surface area contributed by atoms with Crippen LogP contribution in [0.4, 0.5) is 0 Å². The van der Waals surface area contributed by atoms with Crippen LogP contribution in [0.3, 0.4) is 0 Å². The lowest BCUT2D eigenvalue weighted by Gasteiger charge is -2.29. The lowest BCUT2D eigenvalue weighted by Crippen LogP contribution is -2.42. The number of aryl methyl sites for hydroxylation is 2. The molecule has 0 aliphatic carbocycles. The topological polar surface area (TPSA) is 53.7 Å². The minimum Gasteiger partial charge on any atom is -0.451 e. The van der Waals surface area contributed by atoms with Crippen molar-refractivity contribution in [1.29, 1.82) is 0 Å². The molecule has 1 atom stereocenters. The maximum absolute atomic E-state index is 12.5. The molecule has 106 valence electrons. The van der Waals surface area contributed by atoms with E-state index in [1.54, 1.807) is 4.90 Å². The summed E-state index contributed by atoms with van der Waals surface area (Å²) in [4.78, 5) is 14.2. The Labute approximate surface area is 118 Å².